The molecule has 1 aliphatic rings. The fraction of sp³-hybridized carbons (Fsp3) is 0.263. The molecular formula is C19H18BrNO3S. The Morgan fingerprint density at radius 1 is 1.12 bits per heavy atom. The summed E-state index contributed by atoms with van der Waals surface area (Å²) in [5, 5.41) is 0. The van der Waals surface area contributed by atoms with Gasteiger partial charge in [0.2, 0.25) is 0 Å². The van der Waals surface area contributed by atoms with Gasteiger partial charge in [-0.1, -0.05) is 28.1 Å². The summed E-state index contributed by atoms with van der Waals surface area (Å²) in [4.78, 5) is 27.6. The summed E-state index contributed by atoms with van der Waals surface area (Å²) in [7, 11) is 0. The third-order valence-electron chi connectivity index (χ3n) is 4.21. The number of carbonyl (C=O) groups excluding carboxylic acids is 2. The van der Waals surface area contributed by atoms with E-state index in [1.807, 2.05) is 42.7 Å². The molecule has 1 unspecified atom stereocenters. The molecule has 1 fully saturated rings. The highest BCUT2D eigenvalue weighted by Gasteiger charge is 2.32. The molecule has 0 saturated carbocycles. The number of halogens is 1. The van der Waals surface area contributed by atoms with Gasteiger partial charge >= 0.3 is 6.09 Å². The maximum Gasteiger partial charge on any atom is 0.415 e. The van der Waals surface area contributed by atoms with Gasteiger partial charge in [-0.3, -0.25) is 4.79 Å². The minimum absolute atomic E-state index is 0.0894. The Morgan fingerprint density at radius 2 is 1.80 bits per heavy atom. The van der Waals surface area contributed by atoms with E-state index < -0.39 is 6.09 Å². The second-order valence-corrected chi connectivity index (χ2v) is 7.64. The van der Waals surface area contributed by atoms with Crippen LogP contribution in [0.4, 0.5) is 4.79 Å². The van der Waals surface area contributed by atoms with Crippen molar-refractivity contribution in [2.75, 3.05) is 19.3 Å². The van der Waals surface area contributed by atoms with E-state index >= 15 is 0 Å². The first-order chi connectivity index (χ1) is 12.1. The van der Waals surface area contributed by atoms with Gasteiger partial charge in [0, 0.05) is 33.9 Å². The molecule has 0 bridgehead atoms. The van der Waals surface area contributed by atoms with Crippen LogP contribution >= 0.6 is 27.7 Å². The number of nitrogens with zero attached hydrogens (tertiary/aromatic N) is 1. The van der Waals surface area contributed by atoms with Crippen LogP contribution in [-0.2, 0) is 0 Å². The number of amides is 1. The summed E-state index contributed by atoms with van der Waals surface area (Å²) in [6.45, 7) is 0.938. The van der Waals surface area contributed by atoms with Crippen molar-refractivity contribution in [3.63, 3.8) is 0 Å². The average molecular weight is 420 g/mol. The summed E-state index contributed by atoms with van der Waals surface area (Å²) in [5.74, 6) is 0.417. The van der Waals surface area contributed by atoms with Crippen molar-refractivity contribution < 1.29 is 14.3 Å². The third-order valence-corrected chi connectivity index (χ3v) is 5.48. The van der Waals surface area contributed by atoms with E-state index in [0.717, 1.165) is 9.37 Å². The Balaban J connectivity index is 1.59. The van der Waals surface area contributed by atoms with E-state index in [9.17, 15) is 9.59 Å². The SMILES string of the molecule is CSc1ccc(C(=O)C2CCN(C(=O)Oc3ccc(Br)cc3)C2)cc1. The monoisotopic (exact) mass is 419 g/mol. The number of ketones is 1. The van der Waals surface area contributed by atoms with E-state index in [-0.39, 0.29) is 11.7 Å². The molecule has 1 saturated heterocycles. The van der Waals surface area contributed by atoms with E-state index in [4.69, 9.17) is 4.74 Å². The molecule has 130 valence electrons. The Morgan fingerprint density at radius 3 is 2.44 bits per heavy atom. The molecule has 0 spiro atoms. The zero-order valence-electron chi connectivity index (χ0n) is 13.8. The topological polar surface area (TPSA) is 46.6 Å². The number of rotatable bonds is 4. The van der Waals surface area contributed by atoms with Crippen molar-refractivity contribution in [1.29, 1.82) is 0 Å². The quantitative estimate of drug-likeness (QED) is 0.523. The minimum atomic E-state index is -0.407. The summed E-state index contributed by atoms with van der Waals surface area (Å²) < 4.78 is 6.29. The second kappa shape index (κ2) is 8.06. The van der Waals surface area contributed by atoms with Gasteiger partial charge in [0.15, 0.2) is 5.78 Å². The van der Waals surface area contributed by atoms with E-state index in [1.165, 1.54) is 0 Å². The van der Waals surface area contributed by atoms with E-state index in [1.54, 1.807) is 28.8 Å². The number of thioether (sulfide) groups is 1. The number of carbonyl (C=O) groups is 2. The normalized spacial score (nSPS) is 16.7. The van der Waals surface area contributed by atoms with Gasteiger partial charge in [-0.15, -0.1) is 11.8 Å². The van der Waals surface area contributed by atoms with Gasteiger partial charge in [0.25, 0.3) is 0 Å². The highest BCUT2D eigenvalue weighted by atomic mass is 79.9. The van der Waals surface area contributed by atoms with Gasteiger partial charge in [-0.25, -0.2) is 4.79 Å². The zero-order chi connectivity index (χ0) is 17.8. The summed E-state index contributed by atoms with van der Waals surface area (Å²) in [6.07, 6.45) is 2.26. The van der Waals surface area contributed by atoms with Crippen LogP contribution in [0.25, 0.3) is 0 Å². The summed E-state index contributed by atoms with van der Waals surface area (Å²) >= 11 is 4.99. The van der Waals surface area contributed by atoms with E-state index in [0.29, 0.717) is 30.8 Å². The summed E-state index contributed by atoms with van der Waals surface area (Å²) in [5.41, 5.74) is 0.700. The lowest BCUT2D eigenvalue weighted by Gasteiger charge is -2.16. The molecule has 0 aromatic heterocycles. The Hall–Kier alpha value is -1.79. The van der Waals surface area contributed by atoms with Crippen molar-refractivity contribution in [3.8, 4) is 5.75 Å². The lowest BCUT2D eigenvalue weighted by atomic mass is 9.97. The van der Waals surface area contributed by atoms with Crippen LogP contribution in [0, 0.1) is 5.92 Å². The van der Waals surface area contributed by atoms with Crippen LogP contribution in [0.5, 0.6) is 5.75 Å². The molecule has 4 nitrogen and oxygen atoms in total. The van der Waals surface area contributed by atoms with Gasteiger partial charge in [-0.05, 0) is 49.1 Å². The first kappa shape index (κ1) is 18.0. The molecule has 0 aliphatic carbocycles. The molecule has 1 aliphatic heterocycles. The maximum atomic E-state index is 12.6. The number of hydrogen-bond donors (Lipinski definition) is 0. The number of Topliss-reactive ketones (excluding diaryl/α,β-unsaturated/α-hetero) is 1. The lowest BCUT2D eigenvalue weighted by Crippen LogP contribution is -2.32. The second-order valence-electron chi connectivity index (χ2n) is 5.85. The number of benzene rings is 2. The summed E-state index contributed by atoms with van der Waals surface area (Å²) in [6, 6.07) is 14.7. The average Bonchev–Trinajstić information content (AvgIpc) is 3.13. The van der Waals surface area contributed by atoms with Crippen LogP contribution in [0.2, 0.25) is 0 Å². The molecule has 1 heterocycles. The molecule has 25 heavy (non-hydrogen) atoms. The zero-order valence-corrected chi connectivity index (χ0v) is 16.2. The van der Waals surface area contributed by atoms with Crippen molar-refractivity contribution in [2.45, 2.75) is 11.3 Å². The van der Waals surface area contributed by atoms with E-state index in [2.05, 4.69) is 15.9 Å². The van der Waals surface area contributed by atoms with Crippen LogP contribution < -0.4 is 4.74 Å². The van der Waals surface area contributed by atoms with Crippen molar-refractivity contribution in [3.05, 3.63) is 58.6 Å². The molecule has 0 radical (unpaired) electrons. The fourth-order valence-electron chi connectivity index (χ4n) is 2.80. The Kier molecular flexibility index (Phi) is 5.81. The Labute approximate surface area is 159 Å². The predicted molar refractivity (Wildman–Crippen MR) is 102 cm³/mol. The highest BCUT2D eigenvalue weighted by Crippen LogP contribution is 2.24. The molecule has 3 rings (SSSR count). The highest BCUT2D eigenvalue weighted by molar-refractivity contribution is 9.10. The Bertz CT molecular complexity index is 761. The van der Waals surface area contributed by atoms with Gasteiger partial charge in [0.1, 0.15) is 5.75 Å². The molecule has 2 aromatic rings. The maximum absolute atomic E-state index is 12.6. The van der Waals surface area contributed by atoms with Gasteiger partial charge in [-0.2, -0.15) is 0 Å². The predicted octanol–water partition coefficient (Wildman–Crippen LogP) is 4.87. The standard InChI is InChI=1S/C19H18BrNO3S/c1-25-17-8-2-13(3-9-17)18(22)14-10-11-21(12-14)19(23)24-16-6-4-15(20)5-7-16/h2-9,14H,10-12H2,1H3. The number of likely N-dealkylation sites (tertiary alicyclic amines) is 1. The lowest BCUT2D eigenvalue weighted by molar-refractivity contribution is 0.0922. The van der Waals surface area contributed by atoms with Crippen molar-refractivity contribution in [1.82, 2.24) is 4.90 Å². The van der Waals surface area contributed by atoms with Crippen LogP contribution in [0.1, 0.15) is 16.8 Å². The first-order valence-corrected chi connectivity index (χ1v) is 9.99. The largest absolute Gasteiger partial charge is 0.415 e. The van der Waals surface area contributed by atoms with Gasteiger partial charge in [0.05, 0.1) is 0 Å². The smallest absolute Gasteiger partial charge is 0.410 e. The molecule has 1 atom stereocenters. The first-order valence-electron chi connectivity index (χ1n) is 7.97. The minimum Gasteiger partial charge on any atom is -0.410 e. The van der Waals surface area contributed by atoms with Crippen molar-refractivity contribution in [2.24, 2.45) is 5.92 Å². The molecule has 1 amide bonds. The van der Waals surface area contributed by atoms with Crippen LogP contribution in [-0.4, -0.2) is 36.1 Å². The fourth-order valence-corrected chi connectivity index (χ4v) is 3.47. The molecule has 0 N–H and O–H groups in total. The molecular weight excluding hydrogens is 402 g/mol. The van der Waals surface area contributed by atoms with Crippen LogP contribution in [0.3, 0.4) is 0 Å². The molecule has 2 aromatic carbocycles. The van der Waals surface area contributed by atoms with Gasteiger partial charge < -0.3 is 9.64 Å². The molecule has 6 heteroatoms. The third kappa shape index (κ3) is 4.44. The van der Waals surface area contributed by atoms with Crippen LogP contribution in [0.15, 0.2) is 57.9 Å². The number of hydrogen-bond acceptors (Lipinski definition) is 4. The van der Waals surface area contributed by atoms with Crippen molar-refractivity contribution >= 4 is 39.6 Å². The number of ether oxygens (including phenoxy) is 1.